The molecule has 5 heterocycles. The number of carbonyl (C=O) groups is 1. The van der Waals surface area contributed by atoms with Crippen molar-refractivity contribution < 1.29 is 9.53 Å². The van der Waals surface area contributed by atoms with Gasteiger partial charge in [-0.3, -0.25) is 14.1 Å². The van der Waals surface area contributed by atoms with E-state index in [1.165, 1.54) is 0 Å². The number of fused-ring (bicyclic) bond motifs is 2. The normalized spacial score (nSPS) is 23.1. The van der Waals surface area contributed by atoms with Crippen molar-refractivity contribution in [2.75, 3.05) is 32.8 Å². The molecule has 0 aliphatic carbocycles. The smallest absolute Gasteiger partial charge is 0.255 e. The summed E-state index contributed by atoms with van der Waals surface area (Å²) in [7, 11) is 1.97. The summed E-state index contributed by atoms with van der Waals surface area (Å²) in [5, 5.41) is 8.56. The van der Waals surface area contributed by atoms with Crippen molar-refractivity contribution in [2.24, 2.45) is 7.05 Å². The Hall–Kier alpha value is -2.71. The monoisotopic (exact) mass is 380 g/mol. The fourth-order valence-electron chi connectivity index (χ4n) is 4.32. The number of ether oxygens (including phenoxy) is 1. The van der Waals surface area contributed by atoms with Gasteiger partial charge >= 0.3 is 0 Å². The number of morpholine rings is 1. The molecule has 2 saturated heterocycles. The molecule has 0 bridgehead atoms. The second-order valence-corrected chi connectivity index (χ2v) is 7.70. The van der Waals surface area contributed by atoms with E-state index in [2.05, 4.69) is 22.0 Å². The molecule has 0 radical (unpaired) electrons. The lowest BCUT2D eigenvalue weighted by Crippen LogP contribution is -2.62. The lowest BCUT2D eigenvalue weighted by Gasteiger charge is -2.47. The molecule has 146 valence electrons. The number of hydrogen-bond donors (Lipinski definition) is 0. The Kier molecular flexibility index (Phi) is 4.17. The summed E-state index contributed by atoms with van der Waals surface area (Å²) in [6, 6.07) is 8.35. The van der Waals surface area contributed by atoms with E-state index in [1.54, 1.807) is 0 Å². The molecule has 3 aromatic rings. The Bertz CT molecular complexity index is 1020. The fourth-order valence-corrected chi connectivity index (χ4v) is 4.32. The highest BCUT2D eigenvalue weighted by Gasteiger charge is 2.35. The summed E-state index contributed by atoms with van der Waals surface area (Å²) in [5.74, 6) is 0.780. The van der Waals surface area contributed by atoms with Gasteiger partial charge in [-0.25, -0.2) is 0 Å². The summed E-state index contributed by atoms with van der Waals surface area (Å²) in [6.07, 6.45) is 3.82. The Morgan fingerprint density at radius 3 is 2.89 bits per heavy atom. The maximum absolute atomic E-state index is 13.2. The van der Waals surface area contributed by atoms with Crippen molar-refractivity contribution >= 4 is 11.6 Å². The minimum Gasteiger partial charge on any atom is -0.378 e. The van der Waals surface area contributed by atoms with Crippen LogP contribution in [0.1, 0.15) is 17.3 Å². The van der Waals surface area contributed by atoms with Gasteiger partial charge in [-0.15, -0.1) is 10.2 Å². The lowest BCUT2D eigenvalue weighted by atomic mass is 10.1. The van der Waals surface area contributed by atoms with E-state index in [1.807, 2.05) is 57.6 Å². The second kappa shape index (κ2) is 6.72. The molecule has 2 aliphatic heterocycles. The molecule has 0 spiro atoms. The highest BCUT2D eigenvalue weighted by molar-refractivity contribution is 5.94. The number of aromatic nitrogens is 4. The summed E-state index contributed by atoms with van der Waals surface area (Å²) in [5.41, 5.74) is 2.34. The molecule has 0 aromatic carbocycles. The summed E-state index contributed by atoms with van der Waals surface area (Å²) >= 11 is 0. The first-order chi connectivity index (χ1) is 13.6. The molecule has 1 amide bonds. The Morgan fingerprint density at radius 1 is 1.18 bits per heavy atom. The molecule has 8 heteroatoms. The van der Waals surface area contributed by atoms with Crippen LogP contribution < -0.4 is 0 Å². The van der Waals surface area contributed by atoms with E-state index in [-0.39, 0.29) is 11.9 Å². The van der Waals surface area contributed by atoms with Gasteiger partial charge in [-0.2, -0.15) is 0 Å². The maximum Gasteiger partial charge on any atom is 0.255 e. The minimum atomic E-state index is 0.0475. The fraction of sp³-hybridized carbons (Fsp3) is 0.450. The standard InChI is InChI=1S/C20H24N6O2/c1-14-12-28-13-16-11-24(8-9-25(14)16)20(27)15-5-6-18-21-22-19(26(18)10-15)17-4-3-7-23(17)2/h3-7,10,14,16H,8-9,11-13H2,1-2H3/t14-,16+/m0/s1. The van der Waals surface area contributed by atoms with Gasteiger partial charge in [0.2, 0.25) is 0 Å². The van der Waals surface area contributed by atoms with E-state index in [9.17, 15) is 4.79 Å². The number of rotatable bonds is 2. The SMILES string of the molecule is C[C@H]1COC[C@H]2CN(C(=O)c3ccc4nnc(-c5cccn5C)n4c3)CCN21. The average Bonchev–Trinajstić information content (AvgIpc) is 3.32. The van der Waals surface area contributed by atoms with Crippen LogP contribution in [0.2, 0.25) is 0 Å². The summed E-state index contributed by atoms with van der Waals surface area (Å²) in [4.78, 5) is 17.6. The molecule has 0 unspecified atom stereocenters. The molecule has 0 N–H and O–H groups in total. The van der Waals surface area contributed by atoms with Crippen molar-refractivity contribution in [3.8, 4) is 11.5 Å². The van der Waals surface area contributed by atoms with Gasteiger partial charge in [0, 0.05) is 45.1 Å². The Morgan fingerprint density at radius 2 is 2.07 bits per heavy atom. The number of piperazine rings is 1. The van der Waals surface area contributed by atoms with Crippen LogP contribution in [0.25, 0.3) is 17.2 Å². The van der Waals surface area contributed by atoms with Gasteiger partial charge in [0.05, 0.1) is 30.5 Å². The molecule has 2 aliphatic rings. The third-order valence-corrected chi connectivity index (χ3v) is 5.87. The van der Waals surface area contributed by atoms with Gasteiger partial charge in [0.15, 0.2) is 11.5 Å². The van der Waals surface area contributed by atoms with Crippen molar-refractivity contribution in [1.29, 1.82) is 0 Å². The molecule has 5 rings (SSSR count). The molecular weight excluding hydrogens is 356 g/mol. The van der Waals surface area contributed by atoms with Crippen LogP contribution in [0.15, 0.2) is 36.7 Å². The van der Waals surface area contributed by atoms with Gasteiger partial charge < -0.3 is 14.2 Å². The first-order valence-electron chi connectivity index (χ1n) is 9.71. The van der Waals surface area contributed by atoms with Crippen LogP contribution in [0.3, 0.4) is 0 Å². The number of carbonyl (C=O) groups excluding carboxylic acids is 1. The van der Waals surface area contributed by atoms with Crippen LogP contribution in [-0.4, -0.2) is 79.8 Å². The molecule has 2 fully saturated rings. The molecule has 0 saturated carbocycles. The van der Waals surface area contributed by atoms with Crippen LogP contribution in [-0.2, 0) is 11.8 Å². The van der Waals surface area contributed by atoms with Crippen LogP contribution in [0, 0.1) is 0 Å². The zero-order chi connectivity index (χ0) is 19.3. The Labute approximate surface area is 163 Å². The van der Waals surface area contributed by atoms with Crippen molar-refractivity contribution in [3.63, 3.8) is 0 Å². The van der Waals surface area contributed by atoms with Crippen LogP contribution in [0.4, 0.5) is 0 Å². The van der Waals surface area contributed by atoms with E-state index in [0.29, 0.717) is 24.8 Å². The van der Waals surface area contributed by atoms with Crippen LogP contribution in [0.5, 0.6) is 0 Å². The van der Waals surface area contributed by atoms with Crippen LogP contribution >= 0.6 is 0 Å². The zero-order valence-electron chi connectivity index (χ0n) is 16.2. The zero-order valence-corrected chi connectivity index (χ0v) is 16.2. The largest absolute Gasteiger partial charge is 0.378 e. The maximum atomic E-state index is 13.2. The van der Waals surface area contributed by atoms with Gasteiger partial charge in [0.1, 0.15) is 0 Å². The first-order valence-corrected chi connectivity index (χ1v) is 9.71. The number of hydrogen-bond acceptors (Lipinski definition) is 5. The van der Waals surface area contributed by atoms with Gasteiger partial charge in [-0.1, -0.05) is 0 Å². The summed E-state index contributed by atoms with van der Waals surface area (Å²) in [6.45, 7) is 5.99. The third kappa shape index (κ3) is 2.80. The predicted molar refractivity (Wildman–Crippen MR) is 104 cm³/mol. The van der Waals surface area contributed by atoms with Crippen molar-refractivity contribution in [3.05, 3.63) is 42.2 Å². The molecule has 2 atom stereocenters. The second-order valence-electron chi connectivity index (χ2n) is 7.70. The number of pyridine rings is 1. The van der Waals surface area contributed by atoms with E-state index < -0.39 is 0 Å². The molecular formula is C20H24N6O2. The number of aryl methyl sites for hydroxylation is 1. The first kappa shape index (κ1) is 17.4. The van der Waals surface area contributed by atoms with Crippen molar-refractivity contribution in [1.82, 2.24) is 29.0 Å². The molecule has 3 aromatic heterocycles. The molecule has 8 nitrogen and oxygen atoms in total. The Balaban J connectivity index is 1.43. The van der Waals surface area contributed by atoms with E-state index in [4.69, 9.17) is 4.74 Å². The van der Waals surface area contributed by atoms with Gasteiger partial charge in [0.25, 0.3) is 5.91 Å². The lowest BCUT2D eigenvalue weighted by molar-refractivity contribution is -0.0700. The van der Waals surface area contributed by atoms with E-state index >= 15 is 0 Å². The highest BCUT2D eigenvalue weighted by Crippen LogP contribution is 2.22. The minimum absolute atomic E-state index is 0.0475. The predicted octanol–water partition coefficient (Wildman–Crippen LogP) is 1.28. The third-order valence-electron chi connectivity index (χ3n) is 5.87. The number of nitrogens with zero attached hydrogens (tertiary/aromatic N) is 6. The average molecular weight is 380 g/mol. The topological polar surface area (TPSA) is 67.9 Å². The number of amides is 1. The highest BCUT2D eigenvalue weighted by atomic mass is 16.5. The molecule has 28 heavy (non-hydrogen) atoms. The summed E-state index contributed by atoms with van der Waals surface area (Å²) < 4.78 is 9.59. The van der Waals surface area contributed by atoms with Gasteiger partial charge in [-0.05, 0) is 31.2 Å². The van der Waals surface area contributed by atoms with E-state index in [0.717, 1.165) is 36.9 Å². The van der Waals surface area contributed by atoms with Crippen molar-refractivity contribution in [2.45, 2.75) is 19.0 Å². The quantitative estimate of drug-likeness (QED) is 0.670.